The number of carboxylic acids is 1. The number of likely N-dealkylation sites (tertiary alicyclic amines) is 1. The summed E-state index contributed by atoms with van der Waals surface area (Å²) in [7, 11) is 1.94. The van der Waals surface area contributed by atoms with E-state index in [4.69, 9.17) is 9.84 Å². The molecule has 1 N–H and O–H groups in total. The van der Waals surface area contributed by atoms with E-state index in [0.29, 0.717) is 18.9 Å². The maximum Gasteiger partial charge on any atom is 0.419 e. The van der Waals surface area contributed by atoms with Crippen LogP contribution in [0, 0.1) is 0 Å². The summed E-state index contributed by atoms with van der Waals surface area (Å²) in [5.74, 6) is -1.70. The second-order valence-electron chi connectivity index (χ2n) is 5.13. The van der Waals surface area contributed by atoms with Crippen molar-refractivity contribution in [2.45, 2.75) is 25.1 Å². The molecule has 1 aliphatic rings. The highest BCUT2D eigenvalue weighted by Crippen LogP contribution is 2.37. The zero-order valence-corrected chi connectivity index (χ0v) is 11.5. The number of carboxylic acid groups (broad SMARTS) is 1. The Morgan fingerprint density at radius 3 is 2.48 bits per heavy atom. The van der Waals surface area contributed by atoms with Crippen molar-refractivity contribution in [3.8, 4) is 5.75 Å². The van der Waals surface area contributed by atoms with Gasteiger partial charge < -0.3 is 14.7 Å². The zero-order valence-electron chi connectivity index (χ0n) is 11.5. The molecular formula is C14H16F3NO3. The molecule has 1 aromatic carbocycles. The predicted molar refractivity (Wildman–Crippen MR) is 69.6 cm³/mol. The van der Waals surface area contributed by atoms with Gasteiger partial charge in [-0.15, -0.1) is 0 Å². The molecule has 1 aliphatic heterocycles. The van der Waals surface area contributed by atoms with Crippen molar-refractivity contribution < 1.29 is 27.8 Å². The van der Waals surface area contributed by atoms with Gasteiger partial charge in [-0.25, -0.2) is 4.79 Å². The maximum atomic E-state index is 13.0. The average Bonchev–Trinajstić information content (AvgIpc) is 2.40. The highest BCUT2D eigenvalue weighted by molar-refractivity contribution is 5.88. The second-order valence-corrected chi connectivity index (χ2v) is 5.13. The molecule has 0 atom stereocenters. The summed E-state index contributed by atoms with van der Waals surface area (Å²) in [5, 5.41) is 8.80. The Morgan fingerprint density at radius 2 is 1.95 bits per heavy atom. The van der Waals surface area contributed by atoms with Crippen molar-refractivity contribution in [2.24, 2.45) is 0 Å². The van der Waals surface area contributed by atoms with Crippen LogP contribution in [0.5, 0.6) is 5.75 Å². The quantitative estimate of drug-likeness (QED) is 0.933. The standard InChI is InChI=1S/C14H16F3NO3/c1-18-6-4-10(5-7-18)21-12-3-2-9(13(19)20)8-11(12)14(15,16)17/h2-3,8,10H,4-7H2,1H3,(H,19,20). The monoisotopic (exact) mass is 303 g/mol. The van der Waals surface area contributed by atoms with E-state index < -0.39 is 23.3 Å². The first kappa shape index (κ1) is 15.6. The van der Waals surface area contributed by atoms with Gasteiger partial charge in [0.2, 0.25) is 0 Å². The molecule has 1 heterocycles. The van der Waals surface area contributed by atoms with Crippen LogP contribution in [-0.2, 0) is 6.18 Å². The number of halogens is 3. The fourth-order valence-electron chi connectivity index (χ4n) is 2.27. The Labute approximate surface area is 120 Å². The van der Waals surface area contributed by atoms with E-state index >= 15 is 0 Å². The first-order valence-corrected chi connectivity index (χ1v) is 6.57. The molecule has 0 radical (unpaired) electrons. The van der Waals surface area contributed by atoms with Gasteiger partial charge in [0.1, 0.15) is 11.9 Å². The number of hydrogen-bond acceptors (Lipinski definition) is 3. The lowest BCUT2D eigenvalue weighted by Crippen LogP contribution is -2.36. The van der Waals surface area contributed by atoms with Gasteiger partial charge in [0.05, 0.1) is 11.1 Å². The molecule has 4 nitrogen and oxygen atoms in total. The third kappa shape index (κ3) is 3.87. The largest absolute Gasteiger partial charge is 0.490 e. The highest BCUT2D eigenvalue weighted by Gasteiger charge is 2.36. The fraction of sp³-hybridized carbons (Fsp3) is 0.500. The Morgan fingerprint density at radius 1 is 1.33 bits per heavy atom. The summed E-state index contributed by atoms with van der Waals surface area (Å²) in [6.07, 6.45) is -3.63. The van der Waals surface area contributed by atoms with Crippen molar-refractivity contribution in [1.29, 1.82) is 0 Å². The van der Waals surface area contributed by atoms with Gasteiger partial charge in [-0.1, -0.05) is 0 Å². The number of rotatable bonds is 3. The number of benzene rings is 1. The van der Waals surface area contributed by atoms with Crippen LogP contribution in [-0.4, -0.2) is 42.2 Å². The van der Waals surface area contributed by atoms with E-state index in [9.17, 15) is 18.0 Å². The number of piperidine rings is 1. The van der Waals surface area contributed by atoms with E-state index in [2.05, 4.69) is 4.90 Å². The number of carbonyl (C=O) groups is 1. The summed E-state index contributed by atoms with van der Waals surface area (Å²) in [5.41, 5.74) is -1.45. The summed E-state index contributed by atoms with van der Waals surface area (Å²) in [6.45, 7) is 1.53. The van der Waals surface area contributed by atoms with E-state index in [0.717, 1.165) is 25.2 Å². The van der Waals surface area contributed by atoms with E-state index in [-0.39, 0.29) is 11.9 Å². The van der Waals surface area contributed by atoms with Gasteiger partial charge in [0, 0.05) is 13.1 Å². The van der Waals surface area contributed by atoms with Crippen LogP contribution >= 0.6 is 0 Å². The molecule has 7 heteroatoms. The molecule has 0 bridgehead atoms. The fourth-order valence-corrected chi connectivity index (χ4v) is 2.27. The molecule has 116 valence electrons. The molecule has 1 aromatic rings. The summed E-state index contributed by atoms with van der Waals surface area (Å²) < 4.78 is 44.5. The molecule has 2 rings (SSSR count). The molecule has 21 heavy (non-hydrogen) atoms. The smallest absolute Gasteiger partial charge is 0.419 e. The van der Waals surface area contributed by atoms with Crippen LogP contribution in [0.2, 0.25) is 0 Å². The van der Waals surface area contributed by atoms with Gasteiger partial charge in [0.25, 0.3) is 0 Å². The SMILES string of the molecule is CN1CCC(Oc2ccc(C(=O)O)cc2C(F)(F)F)CC1. The van der Waals surface area contributed by atoms with Crippen molar-refractivity contribution in [3.05, 3.63) is 29.3 Å². The lowest BCUT2D eigenvalue weighted by Gasteiger charge is -2.30. The van der Waals surface area contributed by atoms with Crippen LogP contribution in [0.25, 0.3) is 0 Å². The topological polar surface area (TPSA) is 49.8 Å². The molecule has 0 amide bonds. The van der Waals surface area contributed by atoms with Gasteiger partial charge in [-0.2, -0.15) is 13.2 Å². The lowest BCUT2D eigenvalue weighted by atomic mass is 10.1. The number of nitrogens with zero attached hydrogens (tertiary/aromatic N) is 1. The highest BCUT2D eigenvalue weighted by atomic mass is 19.4. The van der Waals surface area contributed by atoms with Gasteiger partial charge in [-0.05, 0) is 38.1 Å². The minimum absolute atomic E-state index is 0.280. The van der Waals surface area contributed by atoms with Gasteiger partial charge in [0.15, 0.2) is 0 Å². The average molecular weight is 303 g/mol. The Balaban J connectivity index is 2.24. The molecule has 0 aromatic heterocycles. The Bertz CT molecular complexity index is 523. The van der Waals surface area contributed by atoms with E-state index in [1.54, 1.807) is 0 Å². The molecule has 0 aliphatic carbocycles. The normalized spacial score (nSPS) is 17.7. The van der Waals surface area contributed by atoms with Gasteiger partial charge in [-0.3, -0.25) is 0 Å². The van der Waals surface area contributed by atoms with Crippen LogP contribution < -0.4 is 4.74 Å². The molecule has 1 saturated heterocycles. The maximum absolute atomic E-state index is 13.0. The number of ether oxygens (including phenoxy) is 1. The summed E-state index contributed by atoms with van der Waals surface area (Å²) >= 11 is 0. The summed E-state index contributed by atoms with van der Waals surface area (Å²) in [6, 6.07) is 2.83. The molecular weight excluding hydrogens is 287 g/mol. The first-order valence-electron chi connectivity index (χ1n) is 6.57. The van der Waals surface area contributed by atoms with Crippen molar-refractivity contribution in [3.63, 3.8) is 0 Å². The van der Waals surface area contributed by atoms with Crippen molar-refractivity contribution in [2.75, 3.05) is 20.1 Å². The minimum Gasteiger partial charge on any atom is -0.490 e. The van der Waals surface area contributed by atoms with Crippen LogP contribution in [0.3, 0.4) is 0 Å². The van der Waals surface area contributed by atoms with Crippen LogP contribution in [0.4, 0.5) is 13.2 Å². The summed E-state index contributed by atoms with van der Waals surface area (Å²) in [4.78, 5) is 12.9. The zero-order chi connectivity index (χ0) is 15.6. The number of aromatic carboxylic acids is 1. The van der Waals surface area contributed by atoms with Crippen LogP contribution in [0.1, 0.15) is 28.8 Å². The van der Waals surface area contributed by atoms with Crippen molar-refractivity contribution in [1.82, 2.24) is 4.90 Å². The lowest BCUT2D eigenvalue weighted by molar-refractivity contribution is -0.139. The molecule has 0 saturated carbocycles. The Hall–Kier alpha value is -1.76. The number of alkyl halides is 3. The second kappa shape index (κ2) is 5.93. The van der Waals surface area contributed by atoms with Crippen molar-refractivity contribution >= 4 is 5.97 Å². The van der Waals surface area contributed by atoms with Gasteiger partial charge >= 0.3 is 12.1 Å². The molecule has 0 spiro atoms. The first-order chi connectivity index (χ1) is 9.77. The van der Waals surface area contributed by atoms with E-state index in [1.165, 1.54) is 0 Å². The molecule has 1 fully saturated rings. The van der Waals surface area contributed by atoms with E-state index in [1.807, 2.05) is 7.05 Å². The minimum atomic E-state index is -4.65. The number of hydrogen-bond donors (Lipinski definition) is 1. The predicted octanol–water partition coefficient (Wildman–Crippen LogP) is 2.88. The third-order valence-electron chi connectivity index (χ3n) is 3.49. The molecule has 0 unspecified atom stereocenters. The third-order valence-corrected chi connectivity index (χ3v) is 3.49. The Kier molecular flexibility index (Phi) is 4.41. The van der Waals surface area contributed by atoms with Crippen LogP contribution in [0.15, 0.2) is 18.2 Å².